The standard InChI is InChI=1S/C14H11BrClFO/c1-9-6-11(3-4-12(9)15)18-14-5-2-10(8-16)7-13(14)17/h2-7H,8H2,1H3. The topological polar surface area (TPSA) is 9.23 Å². The smallest absolute Gasteiger partial charge is 0.166 e. The minimum Gasteiger partial charge on any atom is -0.454 e. The minimum absolute atomic E-state index is 0.200. The third-order valence-electron chi connectivity index (χ3n) is 2.51. The van der Waals surface area contributed by atoms with Crippen LogP contribution in [0, 0.1) is 12.7 Å². The molecule has 0 fully saturated rings. The van der Waals surface area contributed by atoms with Crippen molar-refractivity contribution in [2.45, 2.75) is 12.8 Å². The molecule has 0 saturated heterocycles. The van der Waals surface area contributed by atoms with Crippen LogP contribution in [0.3, 0.4) is 0 Å². The second-order valence-electron chi connectivity index (χ2n) is 3.91. The minimum atomic E-state index is -0.409. The molecule has 0 aliphatic carbocycles. The summed E-state index contributed by atoms with van der Waals surface area (Å²) in [7, 11) is 0. The largest absolute Gasteiger partial charge is 0.454 e. The van der Waals surface area contributed by atoms with Crippen LogP contribution in [-0.4, -0.2) is 0 Å². The monoisotopic (exact) mass is 328 g/mol. The third kappa shape index (κ3) is 3.03. The van der Waals surface area contributed by atoms with Crippen LogP contribution in [0.4, 0.5) is 4.39 Å². The van der Waals surface area contributed by atoms with Crippen molar-refractivity contribution >= 4 is 27.5 Å². The first-order valence-corrected chi connectivity index (χ1v) is 6.71. The first kappa shape index (κ1) is 13.4. The molecular formula is C14H11BrClFO. The fourth-order valence-electron chi connectivity index (χ4n) is 1.52. The van der Waals surface area contributed by atoms with Crippen LogP contribution in [0.1, 0.15) is 11.1 Å². The summed E-state index contributed by atoms with van der Waals surface area (Å²) in [5.41, 5.74) is 1.76. The fourth-order valence-corrected chi connectivity index (χ4v) is 1.93. The van der Waals surface area contributed by atoms with Crippen molar-refractivity contribution in [2.24, 2.45) is 0 Å². The summed E-state index contributed by atoms with van der Waals surface area (Å²) in [5.74, 6) is 0.682. The molecule has 0 atom stereocenters. The van der Waals surface area contributed by atoms with E-state index < -0.39 is 5.82 Å². The van der Waals surface area contributed by atoms with E-state index >= 15 is 0 Å². The Kier molecular flexibility index (Phi) is 4.25. The molecule has 0 aliphatic heterocycles. The molecule has 2 aromatic carbocycles. The van der Waals surface area contributed by atoms with Crippen molar-refractivity contribution in [3.8, 4) is 11.5 Å². The highest BCUT2D eigenvalue weighted by molar-refractivity contribution is 9.10. The van der Waals surface area contributed by atoms with Crippen molar-refractivity contribution < 1.29 is 9.13 Å². The quantitative estimate of drug-likeness (QED) is 0.682. The molecule has 0 saturated carbocycles. The molecule has 0 radical (unpaired) electrons. The Morgan fingerprint density at radius 3 is 2.61 bits per heavy atom. The second kappa shape index (κ2) is 5.72. The summed E-state index contributed by atoms with van der Waals surface area (Å²) >= 11 is 9.04. The molecule has 1 nitrogen and oxygen atoms in total. The van der Waals surface area contributed by atoms with Crippen molar-refractivity contribution in [1.29, 1.82) is 0 Å². The van der Waals surface area contributed by atoms with E-state index in [2.05, 4.69) is 15.9 Å². The molecule has 0 unspecified atom stereocenters. The highest BCUT2D eigenvalue weighted by atomic mass is 79.9. The number of rotatable bonds is 3. The van der Waals surface area contributed by atoms with Gasteiger partial charge in [-0.1, -0.05) is 22.0 Å². The molecule has 18 heavy (non-hydrogen) atoms. The van der Waals surface area contributed by atoms with Gasteiger partial charge in [0, 0.05) is 10.4 Å². The maximum atomic E-state index is 13.7. The van der Waals surface area contributed by atoms with Crippen molar-refractivity contribution in [3.05, 3.63) is 57.8 Å². The van der Waals surface area contributed by atoms with E-state index in [1.807, 2.05) is 19.1 Å². The van der Waals surface area contributed by atoms with Gasteiger partial charge in [0.25, 0.3) is 0 Å². The maximum Gasteiger partial charge on any atom is 0.166 e. The number of benzene rings is 2. The van der Waals surface area contributed by atoms with Gasteiger partial charge in [-0.25, -0.2) is 4.39 Å². The highest BCUT2D eigenvalue weighted by Gasteiger charge is 2.06. The van der Waals surface area contributed by atoms with Crippen LogP contribution in [0.5, 0.6) is 11.5 Å². The van der Waals surface area contributed by atoms with Crippen LogP contribution in [0.25, 0.3) is 0 Å². The summed E-state index contributed by atoms with van der Waals surface area (Å²) in [4.78, 5) is 0. The zero-order chi connectivity index (χ0) is 13.1. The van der Waals surface area contributed by atoms with Gasteiger partial charge in [-0.15, -0.1) is 11.6 Å². The molecule has 0 N–H and O–H groups in total. The predicted octanol–water partition coefficient (Wildman–Crippen LogP) is 5.43. The Balaban J connectivity index is 2.25. The first-order valence-electron chi connectivity index (χ1n) is 5.38. The second-order valence-corrected chi connectivity index (χ2v) is 5.03. The van der Waals surface area contributed by atoms with Crippen LogP contribution in [-0.2, 0) is 5.88 Å². The number of halogens is 3. The molecule has 4 heteroatoms. The van der Waals surface area contributed by atoms with E-state index in [1.54, 1.807) is 18.2 Å². The summed E-state index contributed by atoms with van der Waals surface area (Å²) in [6, 6.07) is 10.2. The molecule has 0 amide bonds. The molecular weight excluding hydrogens is 319 g/mol. The summed E-state index contributed by atoms with van der Waals surface area (Å²) in [5, 5.41) is 0. The SMILES string of the molecule is Cc1cc(Oc2ccc(CCl)cc2F)ccc1Br. The Morgan fingerprint density at radius 2 is 2.00 bits per heavy atom. The Hall–Kier alpha value is -1.06. The lowest BCUT2D eigenvalue weighted by atomic mass is 10.2. The van der Waals surface area contributed by atoms with Crippen LogP contribution < -0.4 is 4.74 Å². The number of aryl methyl sites for hydroxylation is 1. The van der Waals surface area contributed by atoms with Crippen molar-refractivity contribution in [2.75, 3.05) is 0 Å². The molecule has 2 aromatic rings. The lowest BCUT2D eigenvalue weighted by Crippen LogP contribution is -1.90. The van der Waals surface area contributed by atoms with Gasteiger partial charge >= 0.3 is 0 Å². The summed E-state index contributed by atoms with van der Waals surface area (Å²) in [6.45, 7) is 1.95. The highest BCUT2D eigenvalue weighted by Crippen LogP contribution is 2.28. The molecule has 0 bridgehead atoms. The van der Waals surface area contributed by atoms with Gasteiger partial charge in [-0.05, 0) is 48.4 Å². The van der Waals surface area contributed by atoms with Crippen molar-refractivity contribution in [1.82, 2.24) is 0 Å². The van der Waals surface area contributed by atoms with E-state index in [0.29, 0.717) is 5.75 Å². The molecule has 2 rings (SSSR count). The van der Waals surface area contributed by atoms with E-state index in [1.165, 1.54) is 6.07 Å². The van der Waals surface area contributed by atoms with Crippen LogP contribution in [0.2, 0.25) is 0 Å². The molecule has 0 aromatic heterocycles. The summed E-state index contributed by atoms with van der Waals surface area (Å²) < 4.78 is 20.2. The normalized spacial score (nSPS) is 10.4. The Bertz CT molecular complexity index is 572. The fraction of sp³-hybridized carbons (Fsp3) is 0.143. The number of alkyl halides is 1. The van der Waals surface area contributed by atoms with Gasteiger partial charge in [0.2, 0.25) is 0 Å². The Labute approximate surface area is 119 Å². The zero-order valence-corrected chi connectivity index (χ0v) is 12.1. The van der Waals surface area contributed by atoms with Gasteiger partial charge in [-0.2, -0.15) is 0 Å². The van der Waals surface area contributed by atoms with E-state index in [9.17, 15) is 4.39 Å². The summed E-state index contributed by atoms with van der Waals surface area (Å²) in [6.07, 6.45) is 0. The van der Waals surface area contributed by atoms with E-state index in [0.717, 1.165) is 15.6 Å². The first-order chi connectivity index (χ1) is 8.60. The molecule has 0 aliphatic rings. The van der Waals surface area contributed by atoms with Gasteiger partial charge in [0.1, 0.15) is 5.75 Å². The Morgan fingerprint density at radius 1 is 1.22 bits per heavy atom. The van der Waals surface area contributed by atoms with E-state index in [4.69, 9.17) is 16.3 Å². The zero-order valence-electron chi connectivity index (χ0n) is 9.71. The predicted molar refractivity (Wildman–Crippen MR) is 74.9 cm³/mol. The van der Waals surface area contributed by atoms with Crippen LogP contribution in [0.15, 0.2) is 40.9 Å². The average Bonchev–Trinajstić information content (AvgIpc) is 2.36. The van der Waals surface area contributed by atoms with Crippen molar-refractivity contribution in [3.63, 3.8) is 0 Å². The maximum absolute atomic E-state index is 13.7. The van der Waals surface area contributed by atoms with Crippen LogP contribution >= 0.6 is 27.5 Å². The lowest BCUT2D eigenvalue weighted by molar-refractivity contribution is 0.441. The van der Waals surface area contributed by atoms with Gasteiger partial charge in [-0.3, -0.25) is 0 Å². The third-order valence-corrected chi connectivity index (χ3v) is 3.71. The number of ether oxygens (including phenoxy) is 1. The van der Waals surface area contributed by atoms with Gasteiger partial charge in [0.15, 0.2) is 11.6 Å². The molecule has 0 spiro atoms. The number of hydrogen-bond acceptors (Lipinski definition) is 1. The number of hydrogen-bond donors (Lipinski definition) is 0. The molecule has 94 valence electrons. The van der Waals surface area contributed by atoms with Gasteiger partial charge in [0.05, 0.1) is 0 Å². The van der Waals surface area contributed by atoms with Gasteiger partial charge < -0.3 is 4.74 Å². The van der Waals surface area contributed by atoms with E-state index in [-0.39, 0.29) is 11.6 Å². The molecule has 0 heterocycles. The average molecular weight is 330 g/mol. The lowest BCUT2D eigenvalue weighted by Gasteiger charge is -2.09.